The molecule has 16 heavy (non-hydrogen) atoms. The van der Waals surface area contributed by atoms with Gasteiger partial charge in [-0.3, -0.25) is 0 Å². The van der Waals surface area contributed by atoms with Gasteiger partial charge in [0.05, 0.1) is 16.4 Å². The normalized spacial score (nSPS) is 9.56. The van der Waals surface area contributed by atoms with Gasteiger partial charge in [0.2, 0.25) is 0 Å². The van der Waals surface area contributed by atoms with E-state index in [9.17, 15) is 9.90 Å². The van der Waals surface area contributed by atoms with E-state index in [2.05, 4.69) is 20.9 Å². The fourth-order valence-corrected chi connectivity index (χ4v) is 2.66. The van der Waals surface area contributed by atoms with Gasteiger partial charge in [-0.1, -0.05) is 34.1 Å². The van der Waals surface area contributed by atoms with Crippen LogP contribution in [0.15, 0.2) is 34.2 Å². The molecule has 0 unspecified atom stereocenters. The Bertz CT molecular complexity index is 515. The molecule has 2 aromatic rings. The Balaban J connectivity index is 0.00000128. The molecule has 0 spiro atoms. The molecule has 0 fully saturated rings. The minimum absolute atomic E-state index is 0. The van der Waals surface area contributed by atoms with Crippen molar-refractivity contribution in [2.45, 2.75) is 0 Å². The van der Waals surface area contributed by atoms with Gasteiger partial charge in [0, 0.05) is 10.0 Å². The molecule has 1 aromatic heterocycles. The first kappa shape index (κ1) is 13.9. The Morgan fingerprint density at radius 2 is 2.06 bits per heavy atom. The third-order valence-corrected chi connectivity index (χ3v) is 3.43. The molecule has 0 amide bonds. The van der Waals surface area contributed by atoms with Gasteiger partial charge in [0.15, 0.2) is 0 Å². The number of hydrogen-bond acceptors (Lipinski definition) is 4. The number of aromatic nitrogens is 1. The molecule has 0 saturated heterocycles. The van der Waals surface area contributed by atoms with Crippen LogP contribution in [0.25, 0.3) is 10.4 Å². The first-order valence-corrected chi connectivity index (χ1v) is 5.77. The third-order valence-electron chi connectivity index (χ3n) is 1.88. The van der Waals surface area contributed by atoms with Crippen molar-refractivity contribution in [1.29, 1.82) is 0 Å². The molecule has 0 saturated carbocycles. The fourth-order valence-electron chi connectivity index (χ4n) is 1.23. The number of carbonyl (C=O) groups excluding carboxylic acids is 1. The van der Waals surface area contributed by atoms with Crippen LogP contribution in [-0.4, -0.2) is 11.0 Å². The van der Waals surface area contributed by atoms with Crippen LogP contribution >= 0.6 is 27.3 Å². The van der Waals surface area contributed by atoms with Gasteiger partial charge in [-0.15, -0.1) is 11.3 Å². The number of carboxylic acids is 1. The molecule has 0 radical (unpaired) electrons. The first-order chi connectivity index (χ1) is 7.20. The molecule has 0 aliphatic carbocycles. The number of halogens is 1. The molecule has 3 nitrogen and oxygen atoms in total. The Kier molecular flexibility index (Phi) is 5.14. The van der Waals surface area contributed by atoms with E-state index in [-0.39, 0.29) is 35.3 Å². The molecule has 1 aromatic carbocycles. The van der Waals surface area contributed by atoms with Crippen molar-refractivity contribution in [3.05, 3.63) is 39.9 Å². The van der Waals surface area contributed by atoms with Crippen molar-refractivity contribution in [3.8, 4) is 10.4 Å². The largest absolute Gasteiger partial charge is 1.00 e. The Hall–Kier alpha value is -0.200. The maximum atomic E-state index is 10.8. The van der Waals surface area contributed by atoms with E-state index in [0.29, 0.717) is 4.88 Å². The topological polar surface area (TPSA) is 53.0 Å². The van der Waals surface area contributed by atoms with E-state index in [1.807, 2.05) is 24.3 Å². The van der Waals surface area contributed by atoms with Gasteiger partial charge in [-0.05, 0) is 6.07 Å². The average molecular weight is 306 g/mol. The van der Waals surface area contributed by atoms with Crippen LogP contribution in [0.5, 0.6) is 0 Å². The summed E-state index contributed by atoms with van der Waals surface area (Å²) in [6.45, 7) is 0. The van der Waals surface area contributed by atoms with E-state index >= 15 is 0 Å². The van der Waals surface area contributed by atoms with Crippen molar-refractivity contribution in [2.75, 3.05) is 0 Å². The Morgan fingerprint density at radius 3 is 2.69 bits per heavy atom. The number of carbonyl (C=O) groups is 1. The summed E-state index contributed by atoms with van der Waals surface area (Å²) in [6.07, 6.45) is 0. The first-order valence-electron chi connectivity index (χ1n) is 4.10. The molecule has 6 heteroatoms. The van der Waals surface area contributed by atoms with E-state index in [1.54, 1.807) is 0 Å². The van der Waals surface area contributed by atoms with Gasteiger partial charge in [-0.2, -0.15) is 0 Å². The summed E-state index contributed by atoms with van der Waals surface area (Å²) in [4.78, 5) is 15.2. The molecule has 2 rings (SSSR count). The second-order valence-electron chi connectivity index (χ2n) is 2.80. The maximum absolute atomic E-state index is 10.8. The van der Waals surface area contributed by atoms with Crippen LogP contribution in [-0.2, 0) is 0 Å². The monoisotopic (exact) mass is 305 g/mol. The number of aromatic carboxylic acids is 1. The molecular formula is C10H5BrNNaO2S. The smallest absolute Gasteiger partial charge is 0.543 e. The summed E-state index contributed by atoms with van der Waals surface area (Å²) in [5.74, 6) is -1.25. The second-order valence-corrected chi connectivity index (χ2v) is 4.51. The van der Waals surface area contributed by atoms with Crippen molar-refractivity contribution in [3.63, 3.8) is 0 Å². The number of benzene rings is 1. The molecule has 0 N–H and O–H groups in total. The summed E-state index contributed by atoms with van der Waals surface area (Å²) in [6, 6.07) is 7.41. The van der Waals surface area contributed by atoms with Gasteiger partial charge in [-0.25, -0.2) is 4.98 Å². The summed E-state index contributed by atoms with van der Waals surface area (Å²) in [5, 5.41) is 10.8. The zero-order valence-electron chi connectivity index (χ0n) is 8.44. The summed E-state index contributed by atoms with van der Waals surface area (Å²) in [5.41, 5.74) is 2.31. The number of nitrogens with zero attached hydrogens (tertiary/aromatic N) is 1. The van der Waals surface area contributed by atoms with E-state index < -0.39 is 5.97 Å². The summed E-state index contributed by atoms with van der Waals surface area (Å²) >= 11 is 4.65. The van der Waals surface area contributed by atoms with Gasteiger partial charge >= 0.3 is 29.6 Å². The van der Waals surface area contributed by atoms with Crippen LogP contribution in [0.2, 0.25) is 0 Å². The summed E-state index contributed by atoms with van der Waals surface area (Å²) < 4.78 is 0.844. The summed E-state index contributed by atoms with van der Waals surface area (Å²) in [7, 11) is 0. The maximum Gasteiger partial charge on any atom is 1.00 e. The van der Waals surface area contributed by atoms with Crippen molar-refractivity contribution in [2.24, 2.45) is 0 Å². The number of carboxylic acid groups (broad SMARTS) is 1. The van der Waals surface area contributed by atoms with Gasteiger partial charge in [0.1, 0.15) is 5.69 Å². The fraction of sp³-hybridized carbons (Fsp3) is 0. The molecule has 1 heterocycles. The van der Waals surface area contributed by atoms with Crippen LogP contribution in [0.3, 0.4) is 0 Å². The zero-order chi connectivity index (χ0) is 10.8. The van der Waals surface area contributed by atoms with Crippen LogP contribution in [0.4, 0.5) is 0 Å². The number of rotatable bonds is 2. The molecule has 0 aliphatic heterocycles. The zero-order valence-corrected chi connectivity index (χ0v) is 12.8. The molecule has 0 aliphatic rings. The molecule has 0 bridgehead atoms. The van der Waals surface area contributed by atoms with Crippen LogP contribution < -0.4 is 34.7 Å². The van der Waals surface area contributed by atoms with Crippen LogP contribution in [0, 0.1) is 0 Å². The average Bonchev–Trinajstić information content (AvgIpc) is 2.67. The van der Waals surface area contributed by atoms with Gasteiger partial charge in [0.25, 0.3) is 0 Å². The van der Waals surface area contributed by atoms with E-state index in [1.165, 1.54) is 16.8 Å². The van der Waals surface area contributed by atoms with E-state index in [4.69, 9.17) is 0 Å². The van der Waals surface area contributed by atoms with Crippen molar-refractivity contribution >= 4 is 33.2 Å². The minimum Gasteiger partial charge on any atom is -0.543 e. The van der Waals surface area contributed by atoms with Crippen LogP contribution in [0.1, 0.15) is 10.5 Å². The van der Waals surface area contributed by atoms with Gasteiger partial charge < -0.3 is 9.90 Å². The number of thiazole rings is 1. The SMILES string of the molecule is O=C([O-])c1ncsc1-c1ccccc1Br.[Na+]. The minimum atomic E-state index is -1.25. The van der Waals surface area contributed by atoms with E-state index in [0.717, 1.165) is 10.0 Å². The quantitative estimate of drug-likeness (QED) is 0.665. The van der Waals surface area contributed by atoms with Crippen molar-refractivity contribution in [1.82, 2.24) is 4.98 Å². The predicted molar refractivity (Wildman–Crippen MR) is 59.6 cm³/mol. The third kappa shape index (κ3) is 2.73. The predicted octanol–water partition coefficient (Wildman–Crippen LogP) is -1.06. The molecule has 76 valence electrons. The number of hydrogen-bond donors (Lipinski definition) is 0. The Morgan fingerprint density at radius 1 is 1.38 bits per heavy atom. The Labute approximate surface area is 127 Å². The molecule has 0 atom stereocenters. The standard InChI is InChI=1S/C10H6BrNO2S.Na/c11-7-4-2-1-3-6(7)9-8(10(13)14)12-5-15-9;/h1-5H,(H,13,14);/q;+1/p-1. The molecular weight excluding hydrogens is 301 g/mol. The van der Waals surface area contributed by atoms with Crippen molar-refractivity contribution < 1.29 is 39.5 Å². The second kappa shape index (κ2) is 5.93.